The van der Waals surface area contributed by atoms with Crippen LogP contribution >= 0.6 is 0 Å². The first-order valence-corrected chi connectivity index (χ1v) is 11.4. The third kappa shape index (κ3) is 6.60. The zero-order chi connectivity index (χ0) is 25.5. The molecule has 0 saturated heterocycles. The highest BCUT2D eigenvalue weighted by Gasteiger charge is 2.09. The lowest BCUT2D eigenvalue weighted by Crippen LogP contribution is -2.34. The molecule has 0 saturated carbocycles. The van der Waals surface area contributed by atoms with Crippen LogP contribution in [0, 0.1) is 0 Å². The third-order valence-electron chi connectivity index (χ3n) is 5.26. The fourth-order valence-electron chi connectivity index (χ4n) is 3.41. The van der Waals surface area contributed by atoms with E-state index in [2.05, 4.69) is 25.5 Å². The summed E-state index contributed by atoms with van der Waals surface area (Å²) >= 11 is 0. The highest BCUT2D eigenvalue weighted by molar-refractivity contribution is 5.77. The van der Waals surface area contributed by atoms with E-state index in [9.17, 15) is 9.59 Å². The number of nitrogens with zero attached hydrogens (tertiary/aromatic N) is 7. The number of carbonyl (C=O) groups is 1. The molecule has 0 radical (unpaired) electrons. The predicted molar refractivity (Wildman–Crippen MR) is 134 cm³/mol. The Bertz CT molecular complexity index is 1380. The average molecular weight is 489 g/mol. The predicted octanol–water partition coefficient (Wildman–Crippen LogP) is 1.21. The van der Waals surface area contributed by atoms with Gasteiger partial charge < -0.3 is 15.0 Å². The number of hydrogen-bond acceptors (Lipinski definition) is 8. The molecule has 1 aromatic carbocycles. The Morgan fingerprint density at radius 1 is 1.08 bits per heavy atom. The van der Waals surface area contributed by atoms with Crippen LogP contribution in [0.15, 0.2) is 66.0 Å². The van der Waals surface area contributed by atoms with E-state index in [1.54, 1.807) is 16.9 Å². The normalized spacial score (nSPS) is 11.0. The van der Waals surface area contributed by atoms with Gasteiger partial charge in [-0.05, 0) is 31.8 Å². The maximum atomic E-state index is 12.4. The van der Waals surface area contributed by atoms with Crippen molar-refractivity contribution in [1.82, 2.24) is 39.7 Å². The minimum atomic E-state index is -0.204. The quantitative estimate of drug-likeness (QED) is 0.354. The van der Waals surface area contributed by atoms with Crippen molar-refractivity contribution in [1.29, 1.82) is 0 Å². The van der Waals surface area contributed by atoms with Gasteiger partial charge in [0.2, 0.25) is 0 Å². The molecule has 0 aliphatic rings. The highest BCUT2D eigenvalue weighted by Crippen LogP contribution is 2.19. The van der Waals surface area contributed by atoms with Crippen LogP contribution in [0.1, 0.15) is 5.56 Å². The van der Waals surface area contributed by atoms with Crippen molar-refractivity contribution in [2.24, 2.45) is 7.05 Å². The number of aromatic nitrogens is 6. The van der Waals surface area contributed by atoms with E-state index in [0.717, 1.165) is 23.2 Å². The zero-order valence-electron chi connectivity index (χ0n) is 20.5. The molecule has 11 nitrogen and oxygen atoms in total. The number of hydrogen-bond donors (Lipinski definition) is 1. The summed E-state index contributed by atoms with van der Waals surface area (Å²) in [5, 5.41) is 11.4. The van der Waals surface area contributed by atoms with Gasteiger partial charge in [-0.1, -0.05) is 18.2 Å². The molecule has 36 heavy (non-hydrogen) atoms. The Morgan fingerprint density at radius 2 is 1.89 bits per heavy atom. The molecule has 0 aliphatic heterocycles. The summed E-state index contributed by atoms with van der Waals surface area (Å²) in [6.45, 7) is 1.50. The van der Waals surface area contributed by atoms with Gasteiger partial charge in [0.1, 0.15) is 0 Å². The Kier molecular flexibility index (Phi) is 7.81. The van der Waals surface area contributed by atoms with Crippen molar-refractivity contribution in [3.8, 4) is 28.4 Å². The lowest BCUT2D eigenvalue weighted by molar-refractivity contribution is -0.123. The van der Waals surface area contributed by atoms with E-state index >= 15 is 0 Å². The zero-order valence-corrected chi connectivity index (χ0v) is 20.5. The second-order valence-electron chi connectivity index (χ2n) is 8.50. The van der Waals surface area contributed by atoms with Gasteiger partial charge in [-0.2, -0.15) is 10.2 Å². The van der Waals surface area contributed by atoms with Crippen LogP contribution in [-0.2, 0) is 18.4 Å². The summed E-state index contributed by atoms with van der Waals surface area (Å²) in [6, 6.07) is 10.8. The Hall–Kier alpha value is -4.38. The molecule has 0 fully saturated rings. The van der Waals surface area contributed by atoms with Gasteiger partial charge in [-0.3, -0.25) is 14.3 Å². The maximum Gasteiger partial charge on any atom is 0.267 e. The van der Waals surface area contributed by atoms with E-state index in [1.807, 2.05) is 56.5 Å². The van der Waals surface area contributed by atoms with Crippen molar-refractivity contribution in [3.05, 3.63) is 77.1 Å². The first-order chi connectivity index (χ1) is 17.4. The van der Waals surface area contributed by atoms with Gasteiger partial charge in [0.25, 0.3) is 11.5 Å². The lowest BCUT2D eigenvalue weighted by Gasteiger charge is -2.11. The van der Waals surface area contributed by atoms with Crippen LogP contribution in [0.3, 0.4) is 0 Å². The number of nitrogens with one attached hydrogen (secondary N) is 1. The fraction of sp³-hybridized carbons (Fsp3) is 0.280. The van der Waals surface area contributed by atoms with Crippen molar-refractivity contribution < 1.29 is 9.53 Å². The van der Waals surface area contributed by atoms with Gasteiger partial charge in [-0.25, -0.2) is 14.6 Å². The summed E-state index contributed by atoms with van der Waals surface area (Å²) < 4.78 is 8.59. The maximum absolute atomic E-state index is 12.4. The second-order valence-corrected chi connectivity index (χ2v) is 8.50. The standard InChI is InChI=1S/C25H28N8O3/c1-31(2)10-9-26-23(34)17-36-21-13-27-25(28-14-21)19-6-4-5-18(11-19)15-33-24(35)8-7-22(30-33)20-12-29-32(3)16-20/h4-8,11-14,16H,9-10,15,17H2,1-3H3,(H,26,34). The molecule has 1 amide bonds. The number of aryl methyl sites for hydroxylation is 1. The van der Waals surface area contributed by atoms with Crippen LogP contribution in [-0.4, -0.2) is 74.1 Å². The van der Waals surface area contributed by atoms with E-state index in [1.165, 1.54) is 23.1 Å². The number of ether oxygens (including phenoxy) is 1. The molecule has 0 bridgehead atoms. The summed E-state index contributed by atoms with van der Waals surface area (Å²) in [5.74, 6) is 0.703. The first-order valence-electron chi connectivity index (χ1n) is 11.4. The minimum absolute atomic E-state index is 0.106. The monoisotopic (exact) mass is 488 g/mol. The Balaban J connectivity index is 1.41. The molecule has 3 aromatic heterocycles. The Labute approximate surface area is 208 Å². The molecule has 0 unspecified atom stereocenters. The Morgan fingerprint density at radius 3 is 2.61 bits per heavy atom. The SMILES string of the molecule is CN(C)CCNC(=O)COc1cnc(-c2cccc(Cn3nc(-c4cnn(C)c4)ccc3=O)c2)nc1. The summed E-state index contributed by atoms with van der Waals surface area (Å²) in [5.41, 5.74) is 2.98. The van der Waals surface area contributed by atoms with E-state index in [4.69, 9.17) is 4.74 Å². The number of amides is 1. The van der Waals surface area contributed by atoms with Crippen molar-refractivity contribution in [2.45, 2.75) is 6.54 Å². The van der Waals surface area contributed by atoms with Crippen molar-refractivity contribution in [2.75, 3.05) is 33.8 Å². The topological polar surface area (TPSA) is 120 Å². The molecule has 3 heterocycles. The first kappa shape index (κ1) is 24.7. The number of benzene rings is 1. The number of likely N-dealkylation sites (N-methyl/N-ethyl adjacent to an activating group) is 1. The third-order valence-corrected chi connectivity index (χ3v) is 5.26. The molecular formula is C25H28N8O3. The van der Waals surface area contributed by atoms with Crippen LogP contribution in [0.2, 0.25) is 0 Å². The summed E-state index contributed by atoms with van der Waals surface area (Å²) in [7, 11) is 5.71. The molecule has 0 aliphatic carbocycles. The lowest BCUT2D eigenvalue weighted by atomic mass is 10.1. The van der Waals surface area contributed by atoms with Crippen LogP contribution in [0.5, 0.6) is 5.75 Å². The second kappa shape index (κ2) is 11.4. The number of rotatable bonds is 10. The molecule has 11 heteroatoms. The number of carbonyl (C=O) groups excluding carboxylic acids is 1. The molecule has 0 atom stereocenters. The van der Waals surface area contributed by atoms with Crippen molar-refractivity contribution >= 4 is 5.91 Å². The van der Waals surface area contributed by atoms with E-state index in [0.29, 0.717) is 30.4 Å². The minimum Gasteiger partial charge on any atom is -0.481 e. The van der Waals surface area contributed by atoms with Crippen LogP contribution in [0.25, 0.3) is 22.6 Å². The van der Waals surface area contributed by atoms with Gasteiger partial charge in [0.05, 0.1) is 30.8 Å². The summed E-state index contributed by atoms with van der Waals surface area (Å²) in [4.78, 5) is 35.0. The largest absolute Gasteiger partial charge is 0.481 e. The summed E-state index contributed by atoms with van der Waals surface area (Å²) in [6.07, 6.45) is 6.62. The highest BCUT2D eigenvalue weighted by atomic mass is 16.5. The molecule has 4 rings (SSSR count). The average Bonchev–Trinajstić information content (AvgIpc) is 3.30. The fourth-order valence-corrected chi connectivity index (χ4v) is 3.41. The molecule has 0 spiro atoms. The molecular weight excluding hydrogens is 460 g/mol. The van der Waals surface area contributed by atoms with Gasteiger partial charge in [-0.15, -0.1) is 0 Å². The van der Waals surface area contributed by atoms with E-state index in [-0.39, 0.29) is 18.1 Å². The molecule has 4 aromatic rings. The van der Waals surface area contributed by atoms with Gasteiger partial charge in [0, 0.05) is 43.5 Å². The van der Waals surface area contributed by atoms with Crippen LogP contribution in [0.4, 0.5) is 0 Å². The van der Waals surface area contributed by atoms with Gasteiger partial charge >= 0.3 is 0 Å². The van der Waals surface area contributed by atoms with Crippen molar-refractivity contribution in [3.63, 3.8) is 0 Å². The smallest absolute Gasteiger partial charge is 0.267 e. The van der Waals surface area contributed by atoms with Gasteiger partial charge in [0.15, 0.2) is 18.2 Å². The van der Waals surface area contributed by atoms with Crippen LogP contribution < -0.4 is 15.6 Å². The molecule has 186 valence electrons. The molecule has 1 N–H and O–H groups in total. The van der Waals surface area contributed by atoms with E-state index < -0.39 is 0 Å².